The summed E-state index contributed by atoms with van der Waals surface area (Å²) in [6.07, 6.45) is 1.24. The molecule has 0 aliphatic heterocycles. The SMILES string of the molecule is CC(C)OCCCNCc1cc(Cl)ccc1OCc1ccccc1Cl.Cl. The number of halogens is 3. The minimum Gasteiger partial charge on any atom is -0.489 e. The van der Waals surface area contributed by atoms with Gasteiger partial charge >= 0.3 is 0 Å². The van der Waals surface area contributed by atoms with Crippen molar-refractivity contribution >= 4 is 35.6 Å². The first-order chi connectivity index (χ1) is 12.1. The van der Waals surface area contributed by atoms with Gasteiger partial charge < -0.3 is 14.8 Å². The van der Waals surface area contributed by atoms with Crippen LogP contribution in [0.5, 0.6) is 5.75 Å². The van der Waals surface area contributed by atoms with Crippen LogP contribution in [0.1, 0.15) is 31.4 Å². The molecule has 0 spiro atoms. The van der Waals surface area contributed by atoms with E-state index in [-0.39, 0.29) is 18.5 Å². The van der Waals surface area contributed by atoms with Crippen LogP contribution in [0.4, 0.5) is 0 Å². The first kappa shape index (κ1) is 23.1. The largest absolute Gasteiger partial charge is 0.489 e. The van der Waals surface area contributed by atoms with Crippen molar-refractivity contribution in [2.24, 2.45) is 0 Å². The van der Waals surface area contributed by atoms with Crippen molar-refractivity contribution < 1.29 is 9.47 Å². The van der Waals surface area contributed by atoms with Crippen LogP contribution in [-0.2, 0) is 17.9 Å². The molecule has 1 N–H and O–H groups in total. The number of benzene rings is 2. The van der Waals surface area contributed by atoms with E-state index in [2.05, 4.69) is 5.32 Å². The van der Waals surface area contributed by atoms with Crippen molar-refractivity contribution in [1.82, 2.24) is 5.32 Å². The van der Waals surface area contributed by atoms with Gasteiger partial charge in [-0.05, 0) is 51.1 Å². The summed E-state index contributed by atoms with van der Waals surface area (Å²) < 4.78 is 11.5. The molecule has 2 aromatic carbocycles. The summed E-state index contributed by atoms with van der Waals surface area (Å²) in [5.74, 6) is 0.815. The van der Waals surface area contributed by atoms with Gasteiger partial charge in [0.25, 0.3) is 0 Å². The van der Waals surface area contributed by atoms with Crippen LogP contribution in [-0.4, -0.2) is 19.3 Å². The third-order valence-corrected chi connectivity index (χ3v) is 4.23. The Morgan fingerprint density at radius 2 is 1.81 bits per heavy atom. The van der Waals surface area contributed by atoms with Crippen molar-refractivity contribution in [3.8, 4) is 5.75 Å². The number of ether oxygens (including phenoxy) is 2. The first-order valence-electron chi connectivity index (χ1n) is 8.53. The fourth-order valence-electron chi connectivity index (χ4n) is 2.34. The number of rotatable bonds is 10. The molecular formula is C20H26Cl3NO2. The van der Waals surface area contributed by atoms with E-state index in [9.17, 15) is 0 Å². The van der Waals surface area contributed by atoms with Crippen LogP contribution in [0, 0.1) is 0 Å². The van der Waals surface area contributed by atoms with Crippen molar-refractivity contribution in [2.45, 2.75) is 39.5 Å². The molecule has 0 aliphatic rings. The number of hydrogen-bond donors (Lipinski definition) is 1. The Hall–Kier alpha value is -0.970. The van der Waals surface area contributed by atoms with Gasteiger partial charge in [0, 0.05) is 34.3 Å². The highest BCUT2D eigenvalue weighted by atomic mass is 35.5. The van der Waals surface area contributed by atoms with Crippen molar-refractivity contribution in [3.63, 3.8) is 0 Å². The van der Waals surface area contributed by atoms with Crippen LogP contribution in [0.3, 0.4) is 0 Å². The average Bonchev–Trinajstić information content (AvgIpc) is 2.58. The zero-order chi connectivity index (χ0) is 18.1. The second-order valence-corrected chi connectivity index (χ2v) is 6.93. The Morgan fingerprint density at radius 1 is 1.04 bits per heavy atom. The molecular weight excluding hydrogens is 393 g/mol. The highest BCUT2D eigenvalue weighted by Gasteiger charge is 2.07. The molecule has 0 amide bonds. The molecule has 144 valence electrons. The van der Waals surface area contributed by atoms with E-state index in [0.29, 0.717) is 23.2 Å². The molecule has 0 saturated carbocycles. The molecule has 26 heavy (non-hydrogen) atoms. The summed E-state index contributed by atoms with van der Waals surface area (Å²) in [5, 5.41) is 4.82. The summed E-state index contributed by atoms with van der Waals surface area (Å²) >= 11 is 12.3. The monoisotopic (exact) mass is 417 g/mol. The average molecular weight is 419 g/mol. The fourth-order valence-corrected chi connectivity index (χ4v) is 2.72. The Kier molecular flexibility index (Phi) is 11.0. The van der Waals surface area contributed by atoms with E-state index in [4.69, 9.17) is 32.7 Å². The maximum atomic E-state index is 6.18. The molecule has 0 aliphatic carbocycles. The van der Waals surface area contributed by atoms with Crippen LogP contribution in [0.15, 0.2) is 42.5 Å². The van der Waals surface area contributed by atoms with Crippen molar-refractivity contribution in [3.05, 3.63) is 63.6 Å². The normalized spacial score (nSPS) is 10.7. The molecule has 0 aromatic heterocycles. The zero-order valence-corrected chi connectivity index (χ0v) is 17.5. The van der Waals surface area contributed by atoms with Crippen LogP contribution in [0.2, 0.25) is 10.0 Å². The highest BCUT2D eigenvalue weighted by Crippen LogP contribution is 2.25. The lowest BCUT2D eigenvalue weighted by atomic mass is 10.2. The van der Waals surface area contributed by atoms with Crippen LogP contribution >= 0.6 is 35.6 Å². The van der Waals surface area contributed by atoms with Gasteiger partial charge in [0.05, 0.1) is 6.10 Å². The number of nitrogens with one attached hydrogen (secondary N) is 1. The lowest BCUT2D eigenvalue weighted by Crippen LogP contribution is -2.18. The van der Waals surface area contributed by atoms with Crippen LogP contribution in [0.25, 0.3) is 0 Å². The van der Waals surface area contributed by atoms with E-state index < -0.39 is 0 Å². The van der Waals surface area contributed by atoms with Gasteiger partial charge in [0.1, 0.15) is 12.4 Å². The van der Waals surface area contributed by atoms with Gasteiger partial charge in [-0.3, -0.25) is 0 Å². The summed E-state index contributed by atoms with van der Waals surface area (Å²) in [6.45, 7) is 6.85. The van der Waals surface area contributed by atoms with E-state index in [1.54, 1.807) is 0 Å². The summed E-state index contributed by atoms with van der Waals surface area (Å²) in [7, 11) is 0. The number of hydrogen-bond acceptors (Lipinski definition) is 3. The molecule has 0 saturated heterocycles. The molecule has 0 bridgehead atoms. The maximum absolute atomic E-state index is 6.18. The minimum absolute atomic E-state index is 0. The van der Waals surface area contributed by atoms with Gasteiger partial charge in [0.2, 0.25) is 0 Å². The second kappa shape index (κ2) is 12.4. The Bertz CT molecular complexity index is 665. The van der Waals surface area contributed by atoms with E-state index in [1.165, 1.54) is 0 Å². The molecule has 3 nitrogen and oxygen atoms in total. The van der Waals surface area contributed by atoms with Gasteiger partial charge in [-0.25, -0.2) is 0 Å². The first-order valence-corrected chi connectivity index (χ1v) is 9.29. The van der Waals surface area contributed by atoms with Crippen molar-refractivity contribution in [2.75, 3.05) is 13.2 Å². The molecule has 0 atom stereocenters. The Morgan fingerprint density at radius 3 is 2.54 bits per heavy atom. The van der Waals surface area contributed by atoms with Gasteiger partial charge in [-0.1, -0.05) is 41.4 Å². The molecule has 0 unspecified atom stereocenters. The third-order valence-electron chi connectivity index (χ3n) is 3.63. The molecule has 0 heterocycles. The molecule has 2 aromatic rings. The second-order valence-electron chi connectivity index (χ2n) is 6.08. The Balaban J connectivity index is 0.00000338. The zero-order valence-electron chi connectivity index (χ0n) is 15.1. The predicted octanol–water partition coefficient (Wildman–Crippen LogP) is 5.90. The quantitative estimate of drug-likeness (QED) is 0.487. The van der Waals surface area contributed by atoms with Gasteiger partial charge in [-0.15, -0.1) is 12.4 Å². The summed E-state index contributed by atoms with van der Waals surface area (Å²) in [5.41, 5.74) is 1.99. The van der Waals surface area contributed by atoms with E-state index >= 15 is 0 Å². The van der Waals surface area contributed by atoms with E-state index in [1.807, 2.05) is 56.3 Å². The molecule has 6 heteroatoms. The van der Waals surface area contributed by atoms with Gasteiger partial charge in [-0.2, -0.15) is 0 Å². The standard InChI is InChI=1S/C20H25Cl2NO2.ClH/c1-15(2)24-11-5-10-23-13-17-12-18(21)8-9-20(17)25-14-16-6-3-4-7-19(16)22;/h3-4,6-9,12,15,23H,5,10-11,13-14H2,1-2H3;1H. The van der Waals surface area contributed by atoms with Crippen molar-refractivity contribution in [1.29, 1.82) is 0 Å². The minimum atomic E-state index is 0. The topological polar surface area (TPSA) is 30.5 Å². The Labute approximate surface area is 172 Å². The lowest BCUT2D eigenvalue weighted by molar-refractivity contribution is 0.0770. The summed E-state index contributed by atoms with van der Waals surface area (Å²) in [6, 6.07) is 13.4. The highest BCUT2D eigenvalue weighted by molar-refractivity contribution is 6.31. The van der Waals surface area contributed by atoms with Gasteiger partial charge in [0.15, 0.2) is 0 Å². The van der Waals surface area contributed by atoms with Crippen LogP contribution < -0.4 is 10.1 Å². The maximum Gasteiger partial charge on any atom is 0.124 e. The van der Waals surface area contributed by atoms with E-state index in [0.717, 1.165) is 36.4 Å². The predicted molar refractivity (Wildman–Crippen MR) is 112 cm³/mol. The molecule has 2 rings (SSSR count). The lowest BCUT2D eigenvalue weighted by Gasteiger charge is -2.14. The smallest absolute Gasteiger partial charge is 0.124 e. The molecule has 0 fully saturated rings. The summed E-state index contributed by atoms with van der Waals surface area (Å²) in [4.78, 5) is 0. The fraction of sp³-hybridized carbons (Fsp3) is 0.400. The third kappa shape index (κ3) is 8.15. The molecule has 0 radical (unpaired) electrons.